The molecule has 0 aromatic carbocycles. The molecule has 3 heterocycles. The van der Waals surface area contributed by atoms with Crippen LogP contribution in [0.15, 0.2) is 24.8 Å². The maximum atomic E-state index is 12.3. The van der Waals surface area contributed by atoms with Crippen molar-refractivity contribution in [2.75, 3.05) is 18.1 Å². The van der Waals surface area contributed by atoms with Crippen molar-refractivity contribution >= 4 is 27.4 Å². The van der Waals surface area contributed by atoms with Crippen molar-refractivity contribution in [2.24, 2.45) is 0 Å². The molecule has 1 spiro atoms. The quantitative estimate of drug-likeness (QED) is 0.668. The third-order valence-corrected chi connectivity index (χ3v) is 8.90. The van der Waals surface area contributed by atoms with Crippen LogP contribution < -0.4 is 0 Å². The molecule has 98 valence electrons. The first kappa shape index (κ1) is 12.4. The third kappa shape index (κ3) is 1.42. The van der Waals surface area contributed by atoms with Crippen LogP contribution in [0.25, 0.3) is 0 Å². The second-order valence-electron chi connectivity index (χ2n) is 4.82. The van der Waals surface area contributed by atoms with Crippen LogP contribution in [-0.4, -0.2) is 53.3 Å². The minimum Gasteiger partial charge on any atom is -0.293 e. The van der Waals surface area contributed by atoms with Crippen molar-refractivity contribution in [2.45, 2.75) is 22.6 Å². The number of ketones is 1. The molecule has 0 N–H and O–H groups in total. The molecular weight excluding hydrogens is 270 g/mol. The van der Waals surface area contributed by atoms with E-state index in [1.165, 1.54) is 0 Å². The lowest BCUT2D eigenvalue weighted by atomic mass is 10.1. The van der Waals surface area contributed by atoms with Gasteiger partial charge in [0.2, 0.25) is 0 Å². The van der Waals surface area contributed by atoms with Crippen LogP contribution >= 0.6 is 0 Å². The fraction of sp³-hybridized carbons (Fsp3) is 0.583. The normalized spacial score (nSPS) is 41.7. The summed E-state index contributed by atoms with van der Waals surface area (Å²) in [5.41, 5.74) is 0. The molecule has 2 bridgehead atoms. The van der Waals surface area contributed by atoms with Crippen LogP contribution in [0.5, 0.6) is 0 Å². The lowest BCUT2D eigenvalue weighted by Crippen LogP contribution is -2.49. The summed E-state index contributed by atoms with van der Waals surface area (Å²) in [6.45, 7) is 4.27. The summed E-state index contributed by atoms with van der Waals surface area (Å²) in [6, 6.07) is -0.425. The molecule has 2 saturated heterocycles. The van der Waals surface area contributed by atoms with Gasteiger partial charge in [-0.15, -0.1) is 6.58 Å². The molecular formula is C12H15NO3S2. The molecule has 4 atom stereocenters. The molecule has 0 aromatic heterocycles. The predicted molar refractivity (Wildman–Crippen MR) is 72.0 cm³/mol. The van der Waals surface area contributed by atoms with E-state index in [2.05, 4.69) is 6.58 Å². The van der Waals surface area contributed by atoms with E-state index < -0.39 is 25.7 Å². The predicted octanol–water partition coefficient (Wildman–Crippen LogP) is -0.0385. The summed E-state index contributed by atoms with van der Waals surface area (Å²) in [7, 11) is -2.23. The van der Waals surface area contributed by atoms with Crippen molar-refractivity contribution in [1.29, 1.82) is 0 Å². The highest BCUT2D eigenvalue weighted by atomic mass is 32.3. The Kier molecular flexibility index (Phi) is 2.91. The van der Waals surface area contributed by atoms with Gasteiger partial charge < -0.3 is 0 Å². The first-order chi connectivity index (χ1) is 8.61. The van der Waals surface area contributed by atoms with Gasteiger partial charge in [0.15, 0.2) is 5.78 Å². The summed E-state index contributed by atoms with van der Waals surface area (Å²) in [6.07, 6.45) is 5.55. The summed E-state index contributed by atoms with van der Waals surface area (Å²) in [5.74, 6) is 1.01. The summed E-state index contributed by atoms with van der Waals surface area (Å²) >= 11 is 0. The molecule has 0 amide bonds. The maximum Gasteiger partial charge on any atom is 0.172 e. The van der Waals surface area contributed by atoms with E-state index in [9.17, 15) is 13.2 Å². The van der Waals surface area contributed by atoms with Crippen LogP contribution in [0.4, 0.5) is 0 Å². The second kappa shape index (κ2) is 4.21. The summed E-state index contributed by atoms with van der Waals surface area (Å²) < 4.78 is 23.9. The molecule has 0 radical (unpaired) electrons. The van der Waals surface area contributed by atoms with E-state index in [-0.39, 0.29) is 17.9 Å². The van der Waals surface area contributed by atoms with Crippen molar-refractivity contribution in [3.05, 3.63) is 24.8 Å². The van der Waals surface area contributed by atoms with Crippen LogP contribution in [0.1, 0.15) is 6.42 Å². The van der Waals surface area contributed by atoms with E-state index in [4.69, 9.17) is 0 Å². The molecule has 4 nitrogen and oxygen atoms in total. The largest absolute Gasteiger partial charge is 0.293 e. The first-order valence-corrected chi connectivity index (χ1v) is 8.60. The Balaban J connectivity index is 2.09. The van der Waals surface area contributed by atoms with Gasteiger partial charge >= 0.3 is 0 Å². The fourth-order valence-corrected chi connectivity index (χ4v) is 8.10. The topological polar surface area (TPSA) is 54.5 Å². The molecule has 3 aliphatic heterocycles. The van der Waals surface area contributed by atoms with Crippen molar-refractivity contribution in [3.8, 4) is 0 Å². The number of nitrogens with zero attached hydrogens (tertiary/aromatic N) is 1. The molecule has 18 heavy (non-hydrogen) atoms. The number of carbonyl (C=O) groups is 1. The molecule has 6 heteroatoms. The molecule has 2 fully saturated rings. The average molecular weight is 285 g/mol. The van der Waals surface area contributed by atoms with Gasteiger partial charge in [-0.3, -0.25) is 18.1 Å². The third-order valence-electron chi connectivity index (χ3n) is 4.02. The Labute approximate surface area is 111 Å². The second-order valence-corrected chi connectivity index (χ2v) is 8.74. The Hall–Kier alpha value is -0.590. The van der Waals surface area contributed by atoms with Crippen LogP contribution in [-0.2, 0) is 26.4 Å². The zero-order chi connectivity index (χ0) is 12.9. The smallest absolute Gasteiger partial charge is 0.172 e. The Morgan fingerprint density at radius 2 is 2.11 bits per heavy atom. The first-order valence-electron chi connectivity index (χ1n) is 5.97. The molecule has 0 aromatic rings. The SMILES string of the molecule is C=CCN1[C@@H]2CC3([C@H]1C=CC2=O)[S@](=O)CC[S@]3=O. The van der Waals surface area contributed by atoms with Gasteiger partial charge in [0.05, 0.1) is 12.1 Å². The Bertz CT molecular complexity index is 484. The minimum atomic E-state index is -1.12. The summed E-state index contributed by atoms with van der Waals surface area (Å²) in [5, 5.41) is 0. The Morgan fingerprint density at radius 3 is 2.72 bits per heavy atom. The monoisotopic (exact) mass is 285 g/mol. The van der Waals surface area contributed by atoms with E-state index in [1.54, 1.807) is 18.2 Å². The average Bonchev–Trinajstić information content (AvgIpc) is 2.75. The number of hydrogen-bond donors (Lipinski definition) is 0. The van der Waals surface area contributed by atoms with Crippen LogP contribution in [0.3, 0.4) is 0 Å². The zero-order valence-corrected chi connectivity index (χ0v) is 11.5. The standard InChI is InChI=1S/C12H15NO3S2/c1-2-5-13-9-8-12(11(13)4-3-10(9)14)17(15)6-7-18(12)16/h2-4,9,11H,1,5-8H2/t9-,11-,17-,18-/m1/s1. The highest BCUT2D eigenvalue weighted by Crippen LogP contribution is 2.46. The van der Waals surface area contributed by atoms with E-state index >= 15 is 0 Å². The number of hydrogen-bond acceptors (Lipinski definition) is 4. The fourth-order valence-electron chi connectivity index (χ4n) is 3.22. The maximum absolute atomic E-state index is 12.3. The summed E-state index contributed by atoms with van der Waals surface area (Å²) in [4.78, 5) is 13.9. The number of carbonyl (C=O) groups excluding carboxylic acids is 1. The number of fused-ring (bicyclic) bond motifs is 3. The van der Waals surface area contributed by atoms with Crippen molar-refractivity contribution in [1.82, 2.24) is 4.90 Å². The molecule has 3 aliphatic rings. The number of rotatable bonds is 2. The molecule has 0 saturated carbocycles. The highest BCUT2D eigenvalue weighted by Gasteiger charge is 2.63. The minimum absolute atomic E-state index is 0.0332. The van der Waals surface area contributed by atoms with Gasteiger partial charge in [-0.05, 0) is 6.08 Å². The van der Waals surface area contributed by atoms with Crippen LogP contribution in [0.2, 0.25) is 0 Å². The Morgan fingerprint density at radius 1 is 1.44 bits per heavy atom. The van der Waals surface area contributed by atoms with Gasteiger partial charge in [0.25, 0.3) is 0 Å². The lowest BCUT2D eigenvalue weighted by molar-refractivity contribution is -0.119. The van der Waals surface area contributed by atoms with Gasteiger partial charge in [-0.1, -0.05) is 12.2 Å². The molecule has 0 unspecified atom stereocenters. The van der Waals surface area contributed by atoms with Gasteiger partial charge in [-0.25, -0.2) is 0 Å². The zero-order valence-electron chi connectivity index (χ0n) is 9.91. The lowest BCUT2D eigenvalue weighted by Gasteiger charge is -2.32. The van der Waals surface area contributed by atoms with E-state index in [1.807, 2.05) is 4.90 Å². The van der Waals surface area contributed by atoms with Gasteiger partial charge in [0, 0.05) is 46.1 Å². The molecule has 0 aliphatic carbocycles. The van der Waals surface area contributed by atoms with Gasteiger partial charge in [0.1, 0.15) is 4.08 Å². The van der Waals surface area contributed by atoms with Crippen LogP contribution in [0, 0.1) is 0 Å². The van der Waals surface area contributed by atoms with E-state index in [0.717, 1.165) is 0 Å². The molecule has 3 rings (SSSR count). The van der Waals surface area contributed by atoms with Crippen molar-refractivity contribution in [3.63, 3.8) is 0 Å². The van der Waals surface area contributed by atoms with E-state index in [0.29, 0.717) is 24.5 Å². The van der Waals surface area contributed by atoms with Crippen molar-refractivity contribution < 1.29 is 13.2 Å². The van der Waals surface area contributed by atoms with Gasteiger partial charge in [-0.2, -0.15) is 0 Å². The highest BCUT2D eigenvalue weighted by molar-refractivity contribution is 8.07.